The maximum absolute atomic E-state index is 12.0. The van der Waals surface area contributed by atoms with Gasteiger partial charge >= 0.3 is 6.03 Å². The molecule has 2 heterocycles. The van der Waals surface area contributed by atoms with Crippen LogP contribution in [-0.4, -0.2) is 22.4 Å². The Hall–Kier alpha value is -2.37. The molecule has 4 amide bonds. The fourth-order valence-corrected chi connectivity index (χ4v) is 4.54. The summed E-state index contributed by atoms with van der Waals surface area (Å²) >= 11 is 0. The molecule has 1 aromatic heterocycles. The lowest BCUT2D eigenvalue weighted by molar-refractivity contribution is -0.123. The van der Waals surface area contributed by atoms with E-state index in [4.69, 9.17) is 0 Å². The van der Waals surface area contributed by atoms with E-state index in [1.165, 1.54) is 49.8 Å². The minimum atomic E-state index is -0.756. The van der Waals surface area contributed by atoms with E-state index in [9.17, 15) is 14.4 Å². The molecular weight excluding hydrogens is 330 g/mol. The first-order valence-corrected chi connectivity index (χ1v) is 9.71. The maximum Gasteiger partial charge on any atom is 0.328 e. The van der Waals surface area contributed by atoms with Crippen LogP contribution in [0.3, 0.4) is 0 Å². The summed E-state index contributed by atoms with van der Waals surface area (Å²) in [6, 6.07) is -0.756. The number of aromatic nitrogens is 1. The van der Waals surface area contributed by atoms with Gasteiger partial charge < -0.3 is 4.57 Å². The van der Waals surface area contributed by atoms with Gasteiger partial charge in [-0.2, -0.15) is 0 Å². The second-order valence-electron chi connectivity index (χ2n) is 7.67. The molecule has 0 bridgehead atoms. The average molecular weight is 355 g/mol. The minimum Gasteiger partial charge on any atom is -0.350 e. The van der Waals surface area contributed by atoms with Crippen LogP contribution in [0.5, 0.6) is 0 Å². The Kier molecular flexibility index (Phi) is 4.66. The first-order chi connectivity index (χ1) is 12.6. The number of amides is 4. The molecular formula is C20H25N3O3. The lowest BCUT2D eigenvalue weighted by atomic mass is 9.89. The molecule has 26 heavy (non-hydrogen) atoms. The van der Waals surface area contributed by atoms with Crippen LogP contribution in [0, 0.1) is 5.92 Å². The van der Waals surface area contributed by atoms with Crippen molar-refractivity contribution in [3.63, 3.8) is 0 Å². The molecule has 1 aromatic rings. The Bertz CT molecular complexity index is 762. The molecule has 6 nitrogen and oxygen atoms in total. The van der Waals surface area contributed by atoms with Crippen LogP contribution < -0.4 is 10.6 Å². The number of hydrogen-bond acceptors (Lipinski definition) is 3. The van der Waals surface area contributed by atoms with Gasteiger partial charge in [-0.1, -0.05) is 19.3 Å². The molecule has 0 atom stereocenters. The molecule has 0 unspecified atom stereocenters. The summed E-state index contributed by atoms with van der Waals surface area (Å²) in [5, 5.41) is 4.30. The van der Waals surface area contributed by atoms with Crippen molar-refractivity contribution in [1.82, 2.24) is 15.2 Å². The smallest absolute Gasteiger partial charge is 0.328 e. The van der Waals surface area contributed by atoms with Gasteiger partial charge in [0.15, 0.2) is 0 Å². The van der Waals surface area contributed by atoms with Gasteiger partial charge in [0.2, 0.25) is 0 Å². The van der Waals surface area contributed by atoms with E-state index >= 15 is 0 Å². The predicted molar refractivity (Wildman–Crippen MR) is 97.3 cm³/mol. The van der Waals surface area contributed by atoms with E-state index in [2.05, 4.69) is 21.4 Å². The van der Waals surface area contributed by atoms with Gasteiger partial charge in [0.25, 0.3) is 11.8 Å². The van der Waals surface area contributed by atoms with Gasteiger partial charge in [-0.15, -0.1) is 0 Å². The average Bonchev–Trinajstić information content (AvgIpc) is 2.97. The van der Waals surface area contributed by atoms with E-state index in [1.54, 1.807) is 6.08 Å². The van der Waals surface area contributed by atoms with Crippen molar-refractivity contribution in [2.45, 2.75) is 64.3 Å². The third kappa shape index (κ3) is 3.32. The Morgan fingerprint density at radius 2 is 1.65 bits per heavy atom. The summed E-state index contributed by atoms with van der Waals surface area (Å²) in [5.74, 6) is -0.520. The number of hydrogen-bond donors (Lipinski definition) is 2. The number of urea groups is 1. The highest BCUT2D eigenvalue weighted by Crippen LogP contribution is 2.31. The third-order valence-electron chi connectivity index (χ3n) is 5.85. The van der Waals surface area contributed by atoms with Gasteiger partial charge in [-0.25, -0.2) is 4.79 Å². The number of rotatable bonds is 3. The first kappa shape index (κ1) is 17.1. The van der Waals surface area contributed by atoms with E-state index in [0.29, 0.717) is 0 Å². The Morgan fingerprint density at radius 1 is 0.962 bits per heavy atom. The number of imide groups is 2. The molecule has 1 aliphatic heterocycles. The van der Waals surface area contributed by atoms with E-state index in [-0.39, 0.29) is 5.57 Å². The molecule has 6 heteroatoms. The number of carbonyl (C=O) groups excluding carboxylic acids is 3. The lowest BCUT2D eigenvalue weighted by Crippen LogP contribution is -2.51. The molecule has 3 aliphatic rings. The standard InChI is InChI=1S/C20H25N3O3/c24-18-16(19(25)22-20(26)21-18)10-14-12-23(11-13-6-2-1-3-7-13)17-9-5-4-8-15(14)17/h10,12-13H,1-9,11H2,(H2,21,22,24,25,26). The third-order valence-corrected chi connectivity index (χ3v) is 5.85. The number of barbiturate groups is 1. The van der Waals surface area contributed by atoms with Crippen LogP contribution in [0.4, 0.5) is 4.79 Å². The zero-order valence-electron chi connectivity index (χ0n) is 15.0. The van der Waals surface area contributed by atoms with Crippen molar-refractivity contribution < 1.29 is 14.4 Å². The highest BCUT2D eigenvalue weighted by atomic mass is 16.2. The summed E-state index contributed by atoms with van der Waals surface area (Å²) < 4.78 is 2.36. The highest BCUT2D eigenvalue weighted by Gasteiger charge is 2.29. The van der Waals surface area contributed by atoms with Gasteiger partial charge in [0.05, 0.1) is 0 Å². The Balaban J connectivity index is 1.65. The maximum atomic E-state index is 12.0. The molecule has 2 aliphatic carbocycles. The highest BCUT2D eigenvalue weighted by molar-refractivity contribution is 6.31. The monoisotopic (exact) mass is 355 g/mol. The second kappa shape index (κ2) is 7.09. The van der Waals surface area contributed by atoms with Gasteiger partial charge in [0.1, 0.15) is 5.57 Å². The van der Waals surface area contributed by atoms with Gasteiger partial charge in [0, 0.05) is 18.4 Å². The molecule has 0 aromatic carbocycles. The topological polar surface area (TPSA) is 80.2 Å². The molecule has 138 valence electrons. The SMILES string of the molecule is O=C1NC(=O)C(=Cc2cn(CC3CCCCC3)c3c2CCCC3)C(=O)N1. The van der Waals surface area contributed by atoms with Crippen molar-refractivity contribution in [3.8, 4) is 0 Å². The fourth-order valence-electron chi connectivity index (χ4n) is 4.54. The van der Waals surface area contributed by atoms with Crippen molar-refractivity contribution >= 4 is 23.9 Å². The Labute approximate surface area is 153 Å². The Morgan fingerprint density at radius 3 is 2.38 bits per heavy atom. The van der Waals surface area contributed by atoms with Crippen LogP contribution in [-0.2, 0) is 29.0 Å². The lowest BCUT2D eigenvalue weighted by Gasteiger charge is -2.24. The molecule has 0 radical (unpaired) electrons. The van der Waals surface area contributed by atoms with Crippen molar-refractivity contribution in [1.29, 1.82) is 0 Å². The minimum absolute atomic E-state index is 0.00721. The van der Waals surface area contributed by atoms with E-state index in [0.717, 1.165) is 37.3 Å². The zero-order chi connectivity index (χ0) is 18.1. The number of nitrogens with one attached hydrogen (secondary N) is 2. The van der Waals surface area contributed by atoms with Crippen LogP contribution >= 0.6 is 0 Å². The number of nitrogens with zero attached hydrogens (tertiary/aromatic N) is 1. The van der Waals surface area contributed by atoms with Crippen LogP contribution in [0.25, 0.3) is 6.08 Å². The van der Waals surface area contributed by atoms with Crippen molar-refractivity contribution in [2.75, 3.05) is 0 Å². The van der Waals surface area contributed by atoms with Crippen molar-refractivity contribution in [3.05, 3.63) is 28.6 Å². The molecule has 0 spiro atoms. The van der Waals surface area contributed by atoms with Crippen LogP contribution in [0.2, 0.25) is 0 Å². The van der Waals surface area contributed by atoms with Gasteiger partial charge in [-0.3, -0.25) is 20.2 Å². The fraction of sp³-hybridized carbons (Fsp3) is 0.550. The molecule has 1 saturated heterocycles. The summed E-state index contributed by atoms with van der Waals surface area (Å²) in [6.45, 7) is 1.03. The number of fused-ring (bicyclic) bond motifs is 1. The molecule has 1 saturated carbocycles. The molecule has 4 rings (SSSR count). The van der Waals surface area contributed by atoms with Crippen molar-refractivity contribution in [2.24, 2.45) is 5.92 Å². The largest absolute Gasteiger partial charge is 0.350 e. The van der Waals surface area contributed by atoms with Gasteiger partial charge in [-0.05, 0) is 61.6 Å². The summed E-state index contributed by atoms with van der Waals surface area (Å²) in [4.78, 5) is 35.3. The summed E-state index contributed by atoms with van der Waals surface area (Å²) in [5.41, 5.74) is 3.58. The first-order valence-electron chi connectivity index (χ1n) is 9.71. The molecule has 2 N–H and O–H groups in total. The van der Waals surface area contributed by atoms with Crippen LogP contribution in [0.15, 0.2) is 11.8 Å². The van der Waals surface area contributed by atoms with Crippen LogP contribution in [0.1, 0.15) is 61.8 Å². The van der Waals surface area contributed by atoms with E-state index < -0.39 is 17.8 Å². The van der Waals surface area contributed by atoms with E-state index in [1.807, 2.05) is 0 Å². The normalized spacial score (nSPS) is 21.2. The predicted octanol–water partition coefficient (Wildman–Crippen LogP) is 2.70. The quantitative estimate of drug-likeness (QED) is 0.646. The summed E-state index contributed by atoms with van der Waals surface area (Å²) in [7, 11) is 0. The second-order valence-corrected chi connectivity index (χ2v) is 7.67. The zero-order valence-corrected chi connectivity index (χ0v) is 15.0. The number of carbonyl (C=O) groups is 3. The summed E-state index contributed by atoms with van der Waals surface area (Å²) in [6.07, 6.45) is 14.7. The molecule has 2 fully saturated rings.